The molecule has 0 saturated carbocycles. The maximum atomic E-state index is 12.5. The fourth-order valence-electron chi connectivity index (χ4n) is 2.60. The lowest BCUT2D eigenvalue weighted by atomic mass is 10.1. The molecular formula is C16H24N2O2. The molecule has 1 saturated heterocycles. The highest BCUT2D eigenvalue weighted by Gasteiger charge is 2.24. The zero-order chi connectivity index (χ0) is 14.5. The zero-order valence-electron chi connectivity index (χ0n) is 12.6. The van der Waals surface area contributed by atoms with Crippen molar-refractivity contribution < 1.29 is 9.53 Å². The molecule has 1 aliphatic heterocycles. The van der Waals surface area contributed by atoms with Crippen LogP contribution in [0.2, 0.25) is 0 Å². The van der Waals surface area contributed by atoms with E-state index in [1.54, 1.807) is 0 Å². The van der Waals surface area contributed by atoms with Crippen LogP contribution in [0.4, 0.5) is 5.69 Å². The number of benzene rings is 1. The Labute approximate surface area is 121 Å². The van der Waals surface area contributed by atoms with E-state index in [1.807, 2.05) is 36.1 Å². The third-order valence-corrected chi connectivity index (χ3v) is 3.87. The van der Waals surface area contributed by atoms with Gasteiger partial charge >= 0.3 is 0 Å². The molecule has 1 aliphatic rings. The van der Waals surface area contributed by atoms with Crippen molar-refractivity contribution in [1.29, 1.82) is 0 Å². The first kappa shape index (κ1) is 14.9. The molecule has 2 rings (SSSR count). The number of hydrogen-bond acceptors (Lipinski definition) is 3. The van der Waals surface area contributed by atoms with Crippen LogP contribution in [0.3, 0.4) is 0 Å². The zero-order valence-corrected chi connectivity index (χ0v) is 12.6. The van der Waals surface area contributed by atoms with Crippen LogP contribution in [-0.2, 0) is 4.74 Å². The molecule has 1 aromatic rings. The van der Waals surface area contributed by atoms with Crippen LogP contribution < -0.4 is 4.90 Å². The van der Waals surface area contributed by atoms with Gasteiger partial charge in [-0.05, 0) is 45.0 Å². The van der Waals surface area contributed by atoms with Gasteiger partial charge in [0.15, 0.2) is 0 Å². The molecule has 1 heterocycles. The van der Waals surface area contributed by atoms with Crippen LogP contribution >= 0.6 is 0 Å². The fourth-order valence-corrected chi connectivity index (χ4v) is 2.60. The van der Waals surface area contributed by atoms with Crippen LogP contribution in [-0.4, -0.2) is 49.7 Å². The summed E-state index contributed by atoms with van der Waals surface area (Å²) in [6.07, 6.45) is 0. The normalized spacial score (nSPS) is 18.9. The summed E-state index contributed by atoms with van der Waals surface area (Å²) in [4.78, 5) is 16.7. The molecule has 0 spiro atoms. The van der Waals surface area contributed by atoms with Gasteiger partial charge in [-0.2, -0.15) is 0 Å². The molecule has 0 aliphatic carbocycles. The Bertz CT molecular complexity index is 440. The third-order valence-electron chi connectivity index (χ3n) is 3.87. The van der Waals surface area contributed by atoms with Crippen molar-refractivity contribution in [3.8, 4) is 0 Å². The number of rotatable bonds is 4. The fraction of sp³-hybridized carbons (Fsp3) is 0.562. The third kappa shape index (κ3) is 3.12. The van der Waals surface area contributed by atoms with Gasteiger partial charge in [-0.25, -0.2) is 0 Å². The number of ether oxygens (including phenoxy) is 1. The summed E-state index contributed by atoms with van der Waals surface area (Å²) in [5.74, 6) is 0.104. The van der Waals surface area contributed by atoms with Crippen LogP contribution in [0.1, 0.15) is 31.1 Å². The van der Waals surface area contributed by atoms with E-state index < -0.39 is 0 Å². The van der Waals surface area contributed by atoms with Crippen molar-refractivity contribution in [2.75, 3.05) is 37.7 Å². The molecule has 0 aromatic heterocycles. The van der Waals surface area contributed by atoms with Gasteiger partial charge in [0.25, 0.3) is 5.91 Å². The number of morpholine rings is 1. The Hall–Kier alpha value is -1.55. The van der Waals surface area contributed by atoms with Gasteiger partial charge in [-0.3, -0.25) is 4.79 Å². The Morgan fingerprint density at radius 3 is 2.50 bits per heavy atom. The van der Waals surface area contributed by atoms with Gasteiger partial charge in [0.2, 0.25) is 0 Å². The lowest BCUT2D eigenvalue weighted by molar-refractivity contribution is 0.00359. The Kier molecular flexibility index (Phi) is 5.01. The summed E-state index contributed by atoms with van der Waals surface area (Å²) in [5.41, 5.74) is 1.93. The van der Waals surface area contributed by atoms with Gasteiger partial charge in [0.1, 0.15) is 0 Å². The SMILES string of the molecule is CCN(CC)c1ccc(C(=O)N2CCOCC2C)cc1. The van der Waals surface area contributed by atoms with Crippen LogP contribution in [0.15, 0.2) is 24.3 Å². The number of carbonyl (C=O) groups excluding carboxylic acids is 1. The van der Waals surface area contributed by atoms with Crippen LogP contribution in [0, 0.1) is 0 Å². The topological polar surface area (TPSA) is 32.8 Å². The van der Waals surface area contributed by atoms with Crippen molar-refractivity contribution >= 4 is 11.6 Å². The Balaban J connectivity index is 2.11. The second-order valence-corrected chi connectivity index (χ2v) is 5.14. The quantitative estimate of drug-likeness (QED) is 0.846. The summed E-state index contributed by atoms with van der Waals surface area (Å²) < 4.78 is 5.38. The molecule has 0 radical (unpaired) electrons. The summed E-state index contributed by atoms with van der Waals surface area (Å²) in [6.45, 7) is 10.2. The smallest absolute Gasteiger partial charge is 0.254 e. The largest absolute Gasteiger partial charge is 0.377 e. The predicted octanol–water partition coefficient (Wildman–Crippen LogP) is 2.39. The second-order valence-electron chi connectivity index (χ2n) is 5.14. The van der Waals surface area contributed by atoms with E-state index in [1.165, 1.54) is 5.69 Å². The summed E-state index contributed by atoms with van der Waals surface area (Å²) >= 11 is 0. The summed E-state index contributed by atoms with van der Waals surface area (Å²) in [6, 6.07) is 8.08. The molecule has 0 bridgehead atoms. The van der Waals surface area contributed by atoms with E-state index in [2.05, 4.69) is 18.7 Å². The highest BCUT2D eigenvalue weighted by Crippen LogP contribution is 2.17. The first-order chi connectivity index (χ1) is 9.67. The molecule has 0 N–H and O–H groups in total. The molecule has 1 unspecified atom stereocenters. The van der Waals surface area contributed by atoms with E-state index in [0.29, 0.717) is 19.8 Å². The molecule has 1 fully saturated rings. The second kappa shape index (κ2) is 6.75. The average molecular weight is 276 g/mol. The highest BCUT2D eigenvalue weighted by atomic mass is 16.5. The molecule has 1 amide bonds. The van der Waals surface area contributed by atoms with Crippen molar-refractivity contribution in [2.45, 2.75) is 26.8 Å². The maximum Gasteiger partial charge on any atom is 0.254 e. The van der Waals surface area contributed by atoms with Gasteiger partial charge in [-0.15, -0.1) is 0 Å². The van der Waals surface area contributed by atoms with Crippen molar-refractivity contribution in [3.63, 3.8) is 0 Å². The van der Waals surface area contributed by atoms with E-state index in [-0.39, 0.29) is 11.9 Å². The van der Waals surface area contributed by atoms with Gasteiger partial charge < -0.3 is 14.5 Å². The van der Waals surface area contributed by atoms with E-state index in [0.717, 1.165) is 18.7 Å². The standard InChI is InChI=1S/C16H24N2O2/c1-4-17(5-2)15-8-6-14(7-9-15)16(19)18-10-11-20-12-13(18)3/h6-9,13H,4-5,10-12H2,1-3H3. The minimum absolute atomic E-state index is 0.104. The molecular weight excluding hydrogens is 252 g/mol. The molecule has 1 aromatic carbocycles. The maximum absolute atomic E-state index is 12.5. The van der Waals surface area contributed by atoms with E-state index >= 15 is 0 Å². The van der Waals surface area contributed by atoms with E-state index in [9.17, 15) is 4.79 Å². The van der Waals surface area contributed by atoms with Crippen molar-refractivity contribution in [3.05, 3.63) is 29.8 Å². The van der Waals surface area contributed by atoms with E-state index in [4.69, 9.17) is 4.74 Å². The first-order valence-electron chi connectivity index (χ1n) is 7.41. The van der Waals surface area contributed by atoms with Crippen LogP contribution in [0.5, 0.6) is 0 Å². The van der Waals surface area contributed by atoms with Gasteiger partial charge in [-0.1, -0.05) is 0 Å². The monoisotopic (exact) mass is 276 g/mol. The first-order valence-corrected chi connectivity index (χ1v) is 7.41. The minimum atomic E-state index is 0.104. The molecule has 1 atom stereocenters. The van der Waals surface area contributed by atoms with Gasteiger partial charge in [0.05, 0.1) is 19.3 Å². The minimum Gasteiger partial charge on any atom is -0.377 e. The summed E-state index contributed by atoms with van der Waals surface area (Å²) in [5, 5.41) is 0. The number of carbonyl (C=O) groups is 1. The number of anilines is 1. The number of hydrogen-bond donors (Lipinski definition) is 0. The van der Waals surface area contributed by atoms with Crippen molar-refractivity contribution in [1.82, 2.24) is 4.90 Å². The van der Waals surface area contributed by atoms with Crippen molar-refractivity contribution in [2.24, 2.45) is 0 Å². The lowest BCUT2D eigenvalue weighted by Gasteiger charge is -2.33. The highest BCUT2D eigenvalue weighted by molar-refractivity contribution is 5.94. The Morgan fingerprint density at radius 2 is 1.95 bits per heavy atom. The summed E-state index contributed by atoms with van der Waals surface area (Å²) in [7, 11) is 0. The van der Waals surface area contributed by atoms with Crippen LogP contribution in [0.25, 0.3) is 0 Å². The average Bonchev–Trinajstić information content (AvgIpc) is 2.49. The Morgan fingerprint density at radius 1 is 1.30 bits per heavy atom. The molecule has 4 heteroatoms. The molecule has 110 valence electrons. The number of amides is 1. The van der Waals surface area contributed by atoms with Gasteiger partial charge in [0, 0.05) is 30.9 Å². The molecule has 4 nitrogen and oxygen atoms in total. The number of nitrogens with zero attached hydrogens (tertiary/aromatic N) is 2. The molecule has 20 heavy (non-hydrogen) atoms. The predicted molar refractivity (Wildman–Crippen MR) is 81.3 cm³/mol. The lowest BCUT2D eigenvalue weighted by Crippen LogP contribution is -2.47.